The first-order valence-electron chi connectivity index (χ1n) is 5.46. The number of halogens is 2. The van der Waals surface area contributed by atoms with Crippen molar-refractivity contribution in [3.63, 3.8) is 0 Å². The van der Waals surface area contributed by atoms with Gasteiger partial charge in [-0.05, 0) is 29.8 Å². The maximum Gasteiger partial charge on any atom is 0.131 e. The summed E-state index contributed by atoms with van der Waals surface area (Å²) in [5.41, 5.74) is 1.14. The molecule has 0 aliphatic carbocycles. The molecular weight excluding hydrogens is 255 g/mol. The van der Waals surface area contributed by atoms with Crippen LogP contribution < -0.4 is 4.74 Å². The average molecular weight is 267 g/mol. The third kappa shape index (κ3) is 3.00. The zero-order valence-electron chi connectivity index (χ0n) is 9.57. The molecule has 0 radical (unpaired) electrons. The van der Waals surface area contributed by atoms with E-state index in [4.69, 9.17) is 21.4 Å². The van der Waals surface area contributed by atoms with E-state index in [9.17, 15) is 4.39 Å². The Morgan fingerprint density at radius 3 is 2.44 bits per heavy atom. The number of aliphatic hydroxyl groups excluding tert-OH is 1. The number of benzene rings is 2. The van der Waals surface area contributed by atoms with Gasteiger partial charge in [-0.1, -0.05) is 29.8 Å². The van der Waals surface area contributed by atoms with Crippen LogP contribution in [0.3, 0.4) is 0 Å². The Hall–Kier alpha value is -1.58. The Labute approximate surface area is 110 Å². The second kappa shape index (κ2) is 5.85. The minimum atomic E-state index is -0.380. The first-order chi connectivity index (χ1) is 8.70. The van der Waals surface area contributed by atoms with Gasteiger partial charge in [0.1, 0.15) is 18.2 Å². The van der Waals surface area contributed by atoms with Gasteiger partial charge in [0.05, 0.1) is 11.6 Å². The minimum absolute atomic E-state index is 0.0145. The Bertz CT molecular complexity index is 506. The SMILES string of the molecule is OCc1ccc(OCc2c(F)cccc2Cl)cc1. The van der Waals surface area contributed by atoms with Crippen molar-refractivity contribution in [2.75, 3.05) is 0 Å². The molecule has 0 saturated heterocycles. The monoisotopic (exact) mass is 266 g/mol. The molecule has 2 aromatic carbocycles. The largest absolute Gasteiger partial charge is 0.489 e. The molecule has 0 unspecified atom stereocenters. The predicted molar refractivity (Wildman–Crippen MR) is 68.1 cm³/mol. The molecule has 0 amide bonds. The van der Waals surface area contributed by atoms with Crippen LogP contribution in [-0.2, 0) is 13.2 Å². The lowest BCUT2D eigenvalue weighted by Gasteiger charge is -2.09. The summed E-state index contributed by atoms with van der Waals surface area (Å²) in [5, 5.41) is 9.25. The molecule has 1 N–H and O–H groups in total. The average Bonchev–Trinajstić information content (AvgIpc) is 2.39. The fourth-order valence-electron chi connectivity index (χ4n) is 1.52. The first kappa shape index (κ1) is 12.9. The van der Waals surface area contributed by atoms with Crippen LogP contribution in [0.1, 0.15) is 11.1 Å². The number of hydrogen-bond donors (Lipinski definition) is 1. The minimum Gasteiger partial charge on any atom is -0.489 e. The van der Waals surface area contributed by atoms with E-state index in [0.29, 0.717) is 16.3 Å². The number of hydrogen-bond acceptors (Lipinski definition) is 2. The molecule has 4 heteroatoms. The van der Waals surface area contributed by atoms with Gasteiger partial charge in [-0.15, -0.1) is 0 Å². The third-order valence-electron chi connectivity index (χ3n) is 2.55. The maximum absolute atomic E-state index is 13.5. The van der Waals surface area contributed by atoms with Gasteiger partial charge in [0, 0.05) is 5.56 Å². The molecule has 0 atom stereocenters. The summed E-state index contributed by atoms with van der Waals surface area (Å²) in [5.74, 6) is 0.223. The molecule has 0 bridgehead atoms. The smallest absolute Gasteiger partial charge is 0.131 e. The van der Waals surface area contributed by atoms with Gasteiger partial charge in [0.2, 0.25) is 0 Å². The summed E-state index contributed by atoms with van der Waals surface area (Å²) in [4.78, 5) is 0. The van der Waals surface area contributed by atoms with Crippen LogP contribution >= 0.6 is 11.6 Å². The van der Waals surface area contributed by atoms with E-state index in [1.54, 1.807) is 36.4 Å². The highest BCUT2D eigenvalue weighted by molar-refractivity contribution is 6.31. The van der Waals surface area contributed by atoms with E-state index in [2.05, 4.69) is 0 Å². The highest BCUT2D eigenvalue weighted by Crippen LogP contribution is 2.21. The van der Waals surface area contributed by atoms with Crippen molar-refractivity contribution in [2.45, 2.75) is 13.2 Å². The number of ether oxygens (including phenoxy) is 1. The van der Waals surface area contributed by atoms with Crippen molar-refractivity contribution in [2.24, 2.45) is 0 Å². The van der Waals surface area contributed by atoms with E-state index in [1.807, 2.05) is 0 Å². The van der Waals surface area contributed by atoms with Gasteiger partial charge in [0.25, 0.3) is 0 Å². The summed E-state index contributed by atoms with van der Waals surface area (Å²) in [6.45, 7) is 0.0589. The van der Waals surface area contributed by atoms with Gasteiger partial charge in [-0.3, -0.25) is 0 Å². The molecule has 0 spiro atoms. The van der Waals surface area contributed by atoms with Crippen LogP contribution in [0.5, 0.6) is 5.75 Å². The fourth-order valence-corrected chi connectivity index (χ4v) is 1.73. The predicted octanol–water partition coefficient (Wildman–Crippen LogP) is 3.55. The Morgan fingerprint density at radius 1 is 1.11 bits per heavy atom. The Kier molecular flexibility index (Phi) is 4.18. The molecule has 0 fully saturated rings. The second-order valence-corrected chi connectivity index (χ2v) is 4.20. The third-order valence-corrected chi connectivity index (χ3v) is 2.90. The van der Waals surface area contributed by atoms with E-state index >= 15 is 0 Å². The van der Waals surface area contributed by atoms with Crippen molar-refractivity contribution < 1.29 is 14.2 Å². The molecule has 0 heterocycles. The van der Waals surface area contributed by atoms with Gasteiger partial charge < -0.3 is 9.84 Å². The van der Waals surface area contributed by atoms with E-state index in [0.717, 1.165) is 5.56 Å². The molecule has 18 heavy (non-hydrogen) atoms. The van der Waals surface area contributed by atoms with Crippen LogP contribution in [0.15, 0.2) is 42.5 Å². The number of rotatable bonds is 4. The lowest BCUT2D eigenvalue weighted by atomic mass is 10.2. The Balaban J connectivity index is 2.06. The molecule has 0 aliphatic heterocycles. The summed E-state index contributed by atoms with van der Waals surface area (Å²) in [6.07, 6.45) is 0. The fraction of sp³-hybridized carbons (Fsp3) is 0.143. The number of aliphatic hydroxyl groups is 1. The van der Waals surface area contributed by atoms with E-state index in [-0.39, 0.29) is 19.0 Å². The molecule has 94 valence electrons. The van der Waals surface area contributed by atoms with E-state index in [1.165, 1.54) is 6.07 Å². The first-order valence-corrected chi connectivity index (χ1v) is 5.84. The molecular formula is C14H12ClFO2. The summed E-state index contributed by atoms with van der Waals surface area (Å²) in [6, 6.07) is 11.5. The van der Waals surface area contributed by atoms with Gasteiger partial charge >= 0.3 is 0 Å². The molecule has 0 saturated carbocycles. The molecule has 0 aromatic heterocycles. The van der Waals surface area contributed by atoms with E-state index < -0.39 is 0 Å². The molecule has 2 nitrogen and oxygen atoms in total. The van der Waals surface area contributed by atoms with Crippen LogP contribution in [0.4, 0.5) is 4.39 Å². The standard InChI is InChI=1S/C14H12ClFO2/c15-13-2-1-3-14(16)12(13)9-18-11-6-4-10(8-17)5-7-11/h1-7,17H,8-9H2. The van der Waals surface area contributed by atoms with Crippen molar-refractivity contribution in [1.29, 1.82) is 0 Å². The summed E-state index contributed by atoms with van der Waals surface area (Å²) >= 11 is 5.89. The molecule has 2 aromatic rings. The highest BCUT2D eigenvalue weighted by Gasteiger charge is 2.07. The van der Waals surface area contributed by atoms with Crippen molar-refractivity contribution in [3.8, 4) is 5.75 Å². The molecule has 2 rings (SSSR count). The van der Waals surface area contributed by atoms with Crippen molar-refractivity contribution >= 4 is 11.6 Å². The zero-order chi connectivity index (χ0) is 13.0. The van der Waals surface area contributed by atoms with Crippen LogP contribution in [0.2, 0.25) is 5.02 Å². The Morgan fingerprint density at radius 2 is 1.83 bits per heavy atom. The lowest BCUT2D eigenvalue weighted by molar-refractivity contribution is 0.280. The van der Waals surface area contributed by atoms with Crippen molar-refractivity contribution in [3.05, 3.63) is 64.4 Å². The maximum atomic E-state index is 13.5. The van der Waals surface area contributed by atoms with Gasteiger partial charge in [-0.2, -0.15) is 0 Å². The normalized spacial score (nSPS) is 10.4. The van der Waals surface area contributed by atoms with Crippen LogP contribution in [0.25, 0.3) is 0 Å². The quantitative estimate of drug-likeness (QED) is 0.917. The molecule has 0 aliphatic rings. The van der Waals surface area contributed by atoms with Crippen LogP contribution in [-0.4, -0.2) is 5.11 Å². The van der Waals surface area contributed by atoms with Gasteiger partial charge in [-0.25, -0.2) is 4.39 Å². The van der Waals surface area contributed by atoms with Crippen molar-refractivity contribution in [1.82, 2.24) is 0 Å². The topological polar surface area (TPSA) is 29.5 Å². The summed E-state index contributed by atoms with van der Waals surface area (Å²) in [7, 11) is 0. The second-order valence-electron chi connectivity index (χ2n) is 3.79. The lowest BCUT2D eigenvalue weighted by Crippen LogP contribution is -1.99. The summed E-state index contributed by atoms with van der Waals surface area (Å²) < 4.78 is 18.9. The zero-order valence-corrected chi connectivity index (χ0v) is 10.3. The highest BCUT2D eigenvalue weighted by atomic mass is 35.5. The van der Waals surface area contributed by atoms with Gasteiger partial charge in [0.15, 0.2) is 0 Å². The van der Waals surface area contributed by atoms with Crippen LogP contribution in [0, 0.1) is 5.82 Å².